The number of rotatable bonds is 7. The van der Waals surface area contributed by atoms with Crippen LogP contribution in [0.2, 0.25) is 0 Å². The van der Waals surface area contributed by atoms with Gasteiger partial charge in [-0.25, -0.2) is 0 Å². The number of fused-ring (bicyclic) bond motifs is 2. The zero-order valence-corrected chi connectivity index (χ0v) is 23.0. The number of esters is 1. The summed E-state index contributed by atoms with van der Waals surface area (Å²) < 4.78 is 17.5. The van der Waals surface area contributed by atoms with Crippen LogP contribution in [0.4, 0.5) is 0 Å². The van der Waals surface area contributed by atoms with Crippen LogP contribution in [0.15, 0.2) is 35.4 Å². The molecule has 1 saturated carbocycles. The fourth-order valence-electron chi connectivity index (χ4n) is 7.96. The van der Waals surface area contributed by atoms with E-state index < -0.39 is 0 Å². The minimum atomic E-state index is -0.152. The molecule has 2 saturated heterocycles. The highest BCUT2D eigenvalue weighted by atomic mass is 16.6. The smallest absolute Gasteiger partial charge is 0.310 e. The van der Waals surface area contributed by atoms with E-state index in [0.29, 0.717) is 12.5 Å². The maximum Gasteiger partial charge on any atom is 0.310 e. The van der Waals surface area contributed by atoms with Crippen LogP contribution >= 0.6 is 0 Å². The molecule has 36 heavy (non-hydrogen) atoms. The molecule has 0 bridgehead atoms. The number of carbonyl (C=O) groups excluding carboxylic acids is 1. The first-order valence-corrected chi connectivity index (χ1v) is 14.0. The van der Waals surface area contributed by atoms with Gasteiger partial charge in [-0.15, -0.1) is 0 Å². The molecule has 5 nitrogen and oxygen atoms in total. The van der Waals surface area contributed by atoms with E-state index in [1.165, 1.54) is 24.8 Å². The van der Waals surface area contributed by atoms with E-state index in [2.05, 4.69) is 57.3 Å². The molecule has 5 rings (SSSR count). The molecule has 5 heteroatoms. The van der Waals surface area contributed by atoms with Gasteiger partial charge in [0, 0.05) is 24.5 Å². The maximum absolute atomic E-state index is 13.0. The summed E-state index contributed by atoms with van der Waals surface area (Å²) in [6.45, 7) is 11.5. The largest absolute Gasteiger partial charge is 0.497 e. The summed E-state index contributed by atoms with van der Waals surface area (Å²) in [5.74, 6) is 1.18. The van der Waals surface area contributed by atoms with E-state index in [0.717, 1.165) is 51.0 Å². The second-order valence-electron chi connectivity index (χ2n) is 12.8. The van der Waals surface area contributed by atoms with Crippen LogP contribution in [0.5, 0.6) is 5.75 Å². The van der Waals surface area contributed by atoms with E-state index >= 15 is 0 Å². The molecular weight excluding hydrogens is 450 g/mol. The molecule has 1 N–H and O–H groups in total. The van der Waals surface area contributed by atoms with Crippen molar-refractivity contribution in [3.05, 3.63) is 41.0 Å². The highest BCUT2D eigenvalue weighted by Gasteiger charge is 2.52. The van der Waals surface area contributed by atoms with Crippen LogP contribution in [0, 0.1) is 17.3 Å². The van der Waals surface area contributed by atoms with Crippen LogP contribution in [0.1, 0.15) is 84.6 Å². The minimum Gasteiger partial charge on any atom is -0.497 e. The van der Waals surface area contributed by atoms with Gasteiger partial charge >= 0.3 is 5.97 Å². The molecule has 3 fully saturated rings. The van der Waals surface area contributed by atoms with E-state index in [1.807, 2.05) is 0 Å². The van der Waals surface area contributed by atoms with Crippen LogP contribution in [0.3, 0.4) is 0 Å². The van der Waals surface area contributed by atoms with Gasteiger partial charge < -0.3 is 19.5 Å². The van der Waals surface area contributed by atoms with E-state index in [1.54, 1.807) is 18.3 Å². The first-order chi connectivity index (χ1) is 17.1. The van der Waals surface area contributed by atoms with Crippen molar-refractivity contribution >= 4 is 5.97 Å². The van der Waals surface area contributed by atoms with Gasteiger partial charge in [-0.3, -0.25) is 4.79 Å². The second kappa shape index (κ2) is 9.79. The van der Waals surface area contributed by atoms with Crippen molar-refractivity contribution in [2.24, 2.45) is 17.3 Å². The van der Waals surface area contributed by atoms with E-state index in [9.17, 15) is 4.79 Å². The zero-order chi connectivity index (χ0) is 25.6. The monoisotopic (exact) mass is 495 g/mol. The van der Waals surface area contributed by atoms with Gasteiger partial charge in [0.15, 0.2) is 0 Å². The summed E-state index contributed by atoms with van der Waals surface area (Å²) in [5.41, 5.74) is 4.68. The van der Waals surface area contributed by atoms with Crippen molar-refractivity contribution in [3.63, 3.8) is 0 Å². The standard InChI is InChI=1S/C31H45NO4/c1-21-7-6-12-30(4)18-27-24(17-26(21)30)25(28(33)36-27)19-32-15-13-31(14-16-35-29(2,3)20-31)22-8-10-23(34-5)11-9-22/h8-11,24-25,27,32H,6-7,12-20H2,1-5H3/t24-,25-,27+,30+,31+/m0/s1. The van der Waals surface area contributed by atoms with Gasteiger partial charge in [-0.2, -0.15) is 0 Å². The van der Waals surface area contributed by atoms with E-state index in [-0.39, 0.29) is 34.4 Å². The summed E-state index contributed by atoms with van der Waals surface area (Å²) in [7, 11) is 1.71. The lowest BCUT2D eigenvalue weighted by atomic mass is 9.59. The zero-order valence-electron chi connectivity index (χ0n) is 23.0. The molecule has 0 aromatic heterocycles. The SMILES string of the molecule is COc1ccc([C@]2(CCNC[C@@H]3C(=O)O[C@@H]4C[C@@]5(C)CCCC(C)=C5C[C@@H]34)CCOC(C)(C)C2)cc1. The van der Waals surface area contributed by atoms with Crippen molar-refractivity contribution in [1.82, 2.24) is 5.32 Å². The Morgan fingerprint density at radius 2 is 1.92 bits per heavy atom. The number of methoxy groups -OCH3 is 1. The predicted octanol–water partition coefficient (Wildman–Crippen LogP) is 5.96. The molecular formula is C31H45NO4. The first-order valence-electron chi connectivity index (χ1n) is 14.0. The van der Waals surface area contributed by atoms with Crippen molar-refractivity contribution in [2.75, 3.05) is 26.8 Å². The number of allylic oxidation sites excluding steroid dienone is 2. The molecule has 2 heterocycles. The highest BCUT2D eigenvalue weighted by Crippen LogP contribution is 2.55. The quantitative estimate of drug-likeness (QED) is 0.287. The highest BCUT2D eigenvalue weighted by molar-refractivity contribution is 5.76. The number of hydrogen-bond donors (Lipinski definition) is 1. The Hall–Kier alpha value is -1.85. The Labute approximate surface area is 217 Å². The van der Waals surface area contributed by atoms with Crippen molar-refractivity contribution in [2.45, 2.75) is 96.2 Å². The van der Waals surface area contributed by atoms with Gasteiger partial charge in [0.2, 0.25) is 0 Å². The van der Waals surface area contributed by atoms with Crippen LogP contribution < -0.4 is 10.1 Å². The summed E-state index contributed by atoms with van der Waals surface area (Å²) in [6.07, 6.45) is 8.84. The summed E-state index contributed by atoms with van der Waals surface area (Å²) in [4.78, 5) is 13.0. The minimum absolute atomic E-state index is 0.00932. The van der Waals surface area contributed by atoms with Crippen LogP contribution in [-0.4, -0.2) is 44.5 Å². The predicted molar refractivity (Wildman–Crippen MR) is 142 cm³/mol. The summed E-state index contributed by atoms with van der Waals surface area (Å²) in [6, 6.07) is 8.58. The fraction of sp³-hybridized carbons (Fsp3) is 0.710. The van der Waals surface area contributed by atoms with Crippen molar-refractivity contribution < 1.29 is 19.0 Å². The molecule has 1 aromatic carbocycles. The lowest BCUT2D eigenvalue weighted by molar-refractivity contribution is -0.145. The number of hydrogen-bond acceptors (Lipinski definition) is 5. The third-order valence-corrected chi connectivity index (χ3v) is 9.86. The lowest BCUT2D eigenvalue weighted by Gasteiger charge is -2.46. The van der Waals surface area contributed by atoms with Gasteiger partial charge in [-0.1, -0.05) is 30.2 Å². The topological polar surface area (TPSA) is 56.8 Å². The molecule has 0 amide bonds. The van der Waals surface area contributed by atoms with E-state index in [4.69, 9.17) is 14.2 Å². The van der Waals surface area contributed by atoms with Gasteiger partial charge in [0.1, 0.15) is 11.9 Å². The van der Waals surface area contributed by atoms with Gasteiger partial charge in [-0.05, 0) is 102 Å². The second-order valence-corrected chi connectivity index (χ2v) is 12.8. The maximum atomic E-state index is 13.0. The normalized spacial score (nSPS) is 35.7. The summed E-state index contributed by atoms with van der Waals surface area (Å²) in [5, 5.41) is 3.69. The van der Waals surface area contributed by atoms with Crippen molar-refractivity contribution in [3.8, 4) is 5.75 Å². The Kier molecular flexibility index (Phi) is 7.01. The Bertz CT molecular complexity index is 998. The molecule has 0 unspecified atom stereocenters. The number of benzene rings is 1. The molecule has 2 aliphatic heterocycles. The number of nitrogens with one attached hydrogen (secondary N) is 1. The lowest BCUT2D eigenvalue weighted by Crippen LogP contribution is -2.46. The molecule has 2 aliphatic carbocycles. The molecule has 198 valence electrons. The molecule has 1 aromatic rings. The Morgan fingerprint density at radius 3 is 2.64 bits per heavy atom. The molecule has 5 atom stereocenters. The van der Waals surface area contributed by atoms with Gasteiger partial charge in [0.05, 0.1) is 18.6 Å². The third kappa shape index (κ3) is 4.86. The third-order valence-electron chi connectivity index (χ3n) is 9.86. The Balaban J connectivity index is 1.25. The van der Waals surface area contributed by atoms with Gasteiger partial charge in [0.25, 0.3) is 0 Å². The Morgan fingerprint density at radius 1 is 1.14 bits per heavy atom. The average Bonchev–Trinajstić information content (AvgIpc) is 3.13. The first kappa shape index (κ1) is 25.8. The van der Waals surface area contributed by atoms with Crippen LogP contribution in [-0.2, 0) is 19.7 Å². The molecule has 0 spiro atoms. The summed E-state index contributed by atoms with van der Waals surface area (Å²) >= 11 is 0. The van der Waals surface area contributed by atoms with Crippen molar-refractivity contribution in [1.29, 1.82) is 0 Å². The molecule has 4 aliphatic rings. The van der Waals surface area contributed by atoms with Crippen LogP contribution in [0.25, 0.3) is 0 Å². The fourth-order valence-corrected chi connectivity index (χ4v) is 7.96. The number of ether oxygens (including phenoxy) is 3. The molecule has 0 radical (unpaired) electrons. The number of carbonyl (C=O) groups is 1. The average molecular weight is 496 g/mol.